The minimum Gasteiger partial charge on any atom is -0.465 e. The Morgan fingerprint density at radius 2 is 1.70 bits per heavy atom. The Morgan fingerprint density at radius 3 is 2.24 bits per heavy atom. The summed E-state index contributed by atoms with van der Waals surface area (Å²) in [5.74, 6) is -1.89. The second-order valence-electron chi connectivity index (χ2n) is 7.74. The molecule has 33 heavy (non-hydrogen) atoms. The van der Waals surface area contributed by atoms with E-state index in [1.807, 2.05) is 12.1 Å². The molecule has 0 atom stereocenters. The lowest BCUT2D eigenvalue weighted by atomic mass is 9.78. The molecule has 0 saturated heterocycles. The molecule has 170 valence electrons. The van der Waals surface area contributed by atoms with Gasteiger partial charge in [-0.2, -0.15) is 10.5 Å². The van der Waals surface area contributed by atoms with Crippen molar-refractivity contribution in [3.05, 3.63) is 56.8 Å². The summed E-state index contributed by atoms with van der Waals surface area (Å²) in [4.78, 5) is 36.5. The fourth-order valence-electron chi connectivity index (χ4n) is 4.38. The predicted molar refractivity (Wildman–Crippen MR) is 115 cm³/mol. The number of non-ortho nitro benzene ring substituents is 1. The van der Waals surface area contributed by atoms with Crippen LogP contribution in [0, 0.1) is 38.2 Å². The van der Waals surface area contributed by atoms with E-state index in [1.54, 1.807) is 0 Å². The van der Waals surface area contributed by atoms with Crippen molar-refractivity contribution in [2.45, 2.75) is 38.1 Å². The first-order chi connectivity index (χ1) is 15.8. The molecule has 0 bridgehead atoms. The summed E-state index contributed by atoms with van der Waals surface area (Å²) in [5, 5.41) is 35.0. The van der Waals surface area contributed by atoms with Gasteiger partial charge in [-0.05, 0) is 18.4 Å². The number of hydrogen-bond donors (Lipinski definition) is 1. The Morgan fingerprint density at radius 1 is 1.09 bits per heavy atom. The first kappa shape index (κ1) is 23.5. The highest BCUT2D eigenvalue weighted by molar-refractivity contribution is 6.17. The molecule has 10 nitrogen and oxygen atoms in total. The third-order valence-corrected chi connectivity index (χ3v) is 5.91. The minimum atomic E-state index is -2.11. The maximum atomic E-state index is 12.9. The molecule has 1 fully saturated rings. The van der Waals surface area contributed by atoms with E-state index in [1.165, 1.54) is 18.2 Å². The molecule has 1 saturated carbocycles. The van der Waals surface area contributed by atoms with Gasteiger partial charge >= 0.3 is 11.9 Å². The molecule has 1 N–H and O–H groups in total. The van der Waals surface area contributed by atoms with Gasteiger partial charge in [0, 0.05) is 23.7 Å². The number of rotatable bonds is 6. The molecular formula is C23H22N4O6. The molecule has 2 aliphatic rings. The Balaban J connectivity index is 2.36. The summed E-state index contributed by atoms with van der Waals surface area (Å²) in [6.07, 6.45) is 4.42. The second kappa shape index (κ2) is 9.53. The molecule has 0 aliphatic heterocycles. The number of benzene rings is 1. The zero-order valence-electron chi connectivity index (χ0n) is 18.2. The quantitative estimate of drug-likeness (QED) is 0.391. The predicted octanol–water partition coefficient (Wildman–Crippen LogP) is 2.92. The first-order valence-corrected chi connectivity index (χ1v) is 10.3. The molecule has 10 heteroatoms. The van der Waals surface area contributed by atoms with Crippen molar-refractivity contribution in [3.8, 4) is 12.1 Å². The average Bonchev–Trinajstić information content (AvgIpc) is 3.13. The Hall–Kier alpha value is -4.18. The number of nitrogens with zero attached hydrogens (tertiary/aromatic N) is 3. The van der Waals surface area contributed by atoms with Crippen LogP contribution in [-0.2, 0) is 19.1 Å². The van der Waals surface area contributed by atoms with Gasteiger partial charge in [-0.3, -0.25) is 10.1 Å². The minimum absolute atomic E-state index is 0.0619. The van der Waals surface area contributed by atoms with Crippen molar-refractivity contribution in [3.63, 3.8) is 0 Å². The number of nitro benzene ring substituents is 1. The van der Waals surface area contributed by atoms with Crippen molar-refractivity contribution in [2.24, 2.45) is 5.41 Å². The van der Waals surface area contributed by atoms with E-state index in [0.717, 1.165) is 52.4 Å². The molecule has 2 aliphatic carbocycles. The van der Waals surface area contributed by atoms with Crippen LogP contribution in [0.25, 0.3) is 5.57 Å². The number of allylic oxidation sites excluding steroid dienone is 1. The van der Waals surface area contributed by atoms with Gasteiger partial charge < -0.3 is 14.8 Å². The summed E-state index contributed by atoms with van der Waals surface area (Å²) >= 11 is 0. The third kappa shape index (κ3) is 4.03. The van der Waals surface area contributed by atoms with Gasteiger partial charge in [0.25, 0.3) is 5.69 Å². The lowest BCUT2D eigenvalue weighted by Crippen LogP contribution is -2.38. The number of ether oxygens (including phenoxy) is 2. The van der Waals surface area contributed by atoms with Crippen LogP contribution in [0.3, 0.4) is 0 Å². The Bertz CT molecular complexity index is 1130. The largest absolute Gasteiger partial charge is 0.465 e. The number of carbonyl (C=O) groups excluding carboxylic acids is 2. The lowest BCUT2D eigenvalue weighted by Gasteiger charge is -2.29. The highest BCUT2D eigenvalue weighted by Gasteiger charge is 2.54. The molecule has 0 unspecified atom stereocenters. The maximum Gasteiger partial charge on any atom is 0.340 e. The number of esters is 2. The smallest absolute Gasteiger partial charge is 0.340 e. The first-order valence-electron chi connectivity index (χ1n) is 10.3. The average molecular weight is 450 g/mol. The van der Waals surface area contributed by atoms with E-state index in [2.05, 4.69) is 5.32 Å². The molecule has 3 rings (SSSR count). The van der Waals surface area contributed by atoms with Crippen LogP contribution in [0.5, 0.6) is 0 Å². The van der Waals surface area contributed by atoms with Gasteiger partial charge in [-0.15, -0.1) is 0 Å². The number of hydrogen-bond acceptors (Lipinski definition) is 9. The summed E-state index contributed by atoms with van der Waals surface area (Å²) in [7, 11) is 2.22. The monoisotopic (exact) mass is 450 g/mol. The van der Waals surface area contributed by atoms with E-state index in [0.29, 0.717) is 0 Å². The summed E-state index contributed by atoms with van der Waals surface area (Å²) in [6.45, 7) is 0. The van der Waals surface area contributed by atoms with Crippen molar-refractivity contribution < 1.29 is 24.0 Å². The summed E-state index contributed by atoms with van der Waals surface area (Å²) in [6, 6.07) is 9.00. The molecule has 1 aromatic carbocycles. The molecule has 0 aromatic heterocycles. The van der Waals surface area contributed by atoms with Crippen LogP contribution in [0.4, 0.5) is 5.69 Å². The van der Waals surface area contributed by atoms with Crippen LogP contribution in [0.1, 0.15) is 37.7 Å². The zero-order valence-corrected chi connectivity index (χ0v) is 18.2. The molecule has 0 radical (unpaired) electrons. The van der Waals surface area contributed by atoms with Gasteiger partial charge in [-0.1, -0.05) is 31.4 Å². The van der Waals surface area contributed by atoms with Crippen molar-refractivity contribution in [1.29, 1.82) is 10.5 Å². The van der Waals surface area contributed by atoms with Gasteiger partial charge in [0.2, 0.25) is 5.41 Å². The summed E-state index contributed by atoms with van der Waals surface area (Å²) < 4.78 is 9.79. The van der Waals surface area contributed by atoms with Crippen molar-refractivity contribution in [1.82, 2.24) is 5.32 Å². The number of carbonyl (C=O) groups is 2. The zero-order chi connectivity index (χ0) is 24.2. The second-order valence-corrected chi connectivity index (χ2v) is 7.74. The number of methoxy groups -OCH3 is 2. The highest BCUT2D eigenvalue weighted by Crippen LogP contribution is 2.52. The number of nitro groups is 1. The molecular weight excluding hydrogens is 428 g/mol. The van der Waals surface area contributed by atoms with Crippen molar-refractivity contribution in [2.75, 3.05) is 14.2 Å². The van der Waals surface area contributed by atoms with Crippen molar-refractivity contribution >= 4 is 23.2 Å². The molecule has 1 aromatic rings. The van der Waals surface area contributed by atoms with Gasteiger partial charge in [0.15, 0.2) is 0 Å². The van der Waals surface area contributed by atoms with Crippen LogP contribution in [0.2, 0.25) is 0 Å². The molecule has 0 spiro atoms. The normalized spacial score (nSPS) is 17.7. The molecule has 0 amide bonds. The van der Waals surface area contributed by atoms with Crippen LogP contribution in [0.15, 0.2) is 41.1 Å². The fourth-order valence-corrected chi connectivity index (χ4v) is 4.38. The topological polar surface area (TPSA) is 155 Å². The standard InChI is InChI=1S/C23H22N4O6/c1-32-21(28)17-18(22(29)33-2)20(26-15-8-4-3-5-9-15)23(12-24,13-25)19(17)14-7-6-10-16(11-14)27(30)31/h6-7,10-11,15,26H,3-5,8-9H2,1-2H3. The van der Waals surface area contributed by atoms with E-state index >= 15 is 0 Å². The van der Waals surface area contributed by atoms with Crippen LogP contribution < -0.4 is 5.32 Å². The number of nitriles is 2. The van der Waals surface area contributed by atoms with E-state index < -0.39 is 22.3 Å². The highest BCUT2D eigenvalue weighted by atomic mass is 16.6. The van der Waals surface area contributed by atoms with Gasteiger partial charge in [-0.25, -0.2) is 9.59 Å². The van der Waals surface area contributed by atoms with Crippen LogP contribution >= 0.6 is 0 Å². The fraction of sp³-hybridized carbons (Fsp3) is 0.391. The van der Waals surface area contributed by atoms with Gasteiger partial charge in [0.1, 0.15) is 0 Å². The third-order valence-electron chi connectivity index (χ3n) is 5.91. The van der Waals surface area contributed by atoms with E-state index in [4.69, 9.17) is 9.47 Å². The number of nitrogens with one attached hydrogen (secondary N) is 1. The van der Waals surface area contributed by atoms with Crippen LogP contribution in [-0.4, -0.2) is 37.1 Å². The Kier molecular flexibility index (Phi) is 6.78. The van der Waals surface area contributed by atoms with Gasteiger partial charge in [0.05, 0.1) is 48.1 Å². The lowest BCUT2D eigenvalue weighted by molar-refractivity contribution is -0.384. The SMILES string of the molecule is COC(=O)C1=C(NC2CCCCC2)C(C#N)(C#N)C(c2cccc([N+](=O)[O-])c2)=C1C(=O)OC. The summed E-state index contributed by atoms with van der Waals surface area (Å²) in [5.41, 5.74) is -3.16. The Labute approximate surface area is 190 Å². The maximum absolute atomic E-state index is 12.9. The van der Waals surface area contributed by atoms with E-state index in [-0.39, 0.29) is 39.7 Å². The molecule has 0 heterocycles. The van der Waals surface area contributed by atoms with E-state index in [9.17, 15) is 30.2 Å².